The van der Waals surface area contributed by atoms with Crippen molar-refractivity contribution in [2.75, 3.05) is 13.1 Å². The molecule has 1 aliphatic heterocycles. The highest BCUT2D eigenvalue weighted by molar-refractivity contribution is 7.60. The molecule has 0 unspecified atom stereocenters. The second-order valence-corrected chi connectivity index (χ2v) is 9.12. The number of halogens is 2. The van der Waals surface area contributed by atoms with Crippen LogP contribution in [-0.4, -0.2) is 53.0 Å². The minimum absolute atomic E-state index is 0.0426. The molecule has 0 spiro atoms. The lowest BCUT2D eigenvalue weighted by Gasteiger charge is -2.33. The molecule has 8 nitrogen and oxygen atoms in total. The third-order valence-corrected chi connectivity index (χ3v) is 6.57. The smallest absolute Gasteiger partial charge is 0.379 e. The van der Waals surface area contributed by atoms with Crippen molar-refractivity contribution >= 4 is 34.5 Å². The Labute approximate surface area is 199 Å². The number of hydrogen-bond acceptors (Lipinski definition) is 6. The first-order chi connectivity index (χ1) is 15.6. The predicted molar refractivity (Wildman–Crippen MR) is 127 cm³/mol. The van der Waals surface area contributed by atoms with Gasteiger partial charge in [-0.05, 0) is 64.3 Å². The maximum Gasteiger partial charge on any atom is 0.383 e. The van der Waals surface area contributed by atoms with E-state index in [1.54, 1.807) is 19.1 Å². The Morgan fingerprint density at radius 3 is 2.70 bits per heavy atom. The minimum Gasteiger partial charge on any atom is -0.379 e. The Morgan fingerprint density at radius 2 is 2.03 bits per heavy atom. The van der Waals surface area contributed by atoms with Crippen molar-refractivity contribution in [3.8, 4) is 11.3 Å². The molecule has 3 aromatic rings. The Morgan fingerprint density at radius 1 is 1.30 bits per heavy atom. The molecule has 3 heterocycles. The van der Waals surface area contributed by atoms with Gasteiger partial charge in [-0.3, -0.25) is 14.5 Å². The van der Waals surface area contributed by atoms with E-state index >= 15 is 0 Å². The second-order valence-electron chi connectivity index (χ2n) is 8.24. The SMILES string of the molecule is C[C@](O)(CN1CCc2nc(-c3ccc(F)cc3)ccc2C1)C(=[SH+])Cn1cc([N+](=O)[O-])nc1Cl. The molecule has 0 radical (unpaired) electrons. The first-order valence-electron chi connectivity index (χ1n) is 10.2. The first kappa shape index (κ1) is 23.4. The van der Waals surface area contributed by atoms with E-state index in [-0.39, 0.29) is 23.5 Å². The van der Waals surface area contributed by atoms with Crippen LogP contribution < -0.4 is 0 Å². The largest absolute Gasteiger partial charge is 0.383 e. The summed E-state index contributed by atoms with van der Waals surface area (Å²) in [5.74, 6) is -0.644. The molecule has 1 N–H and O–H groups in total. The Hall–Kier alpha value is -2.79. The summed E-state index contributed by atoms with van der Waals surface area (Å²) in [6.45, 7) is 3.37. The highest BCUT2D eigenvalue weighted by Crippen LogP contribution is 2.25. The van der Waals surface area contributed by atoms with Crippen molar-refractivity contribution in [3.05, 3.63) is 75.1 Å². The van der Waals surface area contributed by atoms with Gasteiger partial charge in [0.25, 0.3) is 0 Å². The zero-order valence-electron chi connectivity index (χ0n) is 17.8. The average Bonchev–Trinajstić information content (AvgIpc) is 3.14. The fourth-order valence-electron chi connectivity index (χ4n) is 3.83. The van der Waals surface area contributed by atoms with Crippen molar-refractivity contribution in [2.45, 2.75) is 32.0 Å². The van der Waals surface area contributed by atoms with E-state index in [1.165, 1.54) is 22.9 Å². The zero-order chi connectivity index (χ0) is 23.8. The number of imidazole rings is 1. The van der Waals surface area contributed by atoms with Gasteiger partial charge >= 0.3 is 11.1 Å². The minimum atomic E-state index is -1.27. The lowest BCUT2D eigenvalue weighted by atomic mass is 9.98. The van der Waals surface area contributed by atoms with E-state index in [9.17, 15) is 19.6 Å². The molecule has 0 amide bonds. The molecular weight excluding hydrogens is 469 g/mol. The van der Waals surface area contributed by atoms with Gasteiger partial charge in [0, 0.05) is 37.3 Å². The third kappa shape index (κ3) is 5.25. The summed E-state index contributed by atoms with van der Waals surface area (Å²) in [6, 6.07) is 10.2. The van der Waals surface area contributed by atoms with Crippen LogP contribution in [0.25, 0.3) is 11.3 Å². The number of fused-ring (bicyclic) bond motifs is 1. The third-order valence-electron chi connectivity index (χ3n) is 5.64. The van der Waals surface area contributed by atoms with Gasteiger partial charge in [0.1, 0.15) is 24.2 Å². The van der Waals surface area contributed by atoms with Crippen molar-refractivity contribution in [1.82, 2.24) is 19.4 Å². The molecule has 1 atom stereocenters. The Bertz CT molecular complexity index is 1220. The van der Waals surface area contributed by atoms with Crippen LogP contribution >= 0.6 is 11.6 Å². The van der Waals surface area contributed by atoms with Crippen LogP contribution in [0.1, 0.15) is 18.2 Å². The molecule has 2 aromatic heterocycles. The molecule has 0 aliphatic carbocycles. The average molecular weight is 491 g/mol. The number of hydrogen-bond donors (Lipinski definition) is 1. The van der Waals surface area contributed by atoms with Crippen LogP contribution in [0.4, 0.5) is 10.2 Å². The Kier molecular flexibility index (Phi) is 6.53. The van der Waals surface area contributed by atoms with Crippen LogP contribution in [0.2, 0.25) is 5.28 Å². The van der Waals surface area contributed by atoms with E-state index in [4.69, 9.17) is 16.6 Å². The van der Waals surface area contributed by atoms with Crippen molar-refractivity contribution in [1.29, 1.82) is 0 Å². The van der Waals surface area contributed by atoms with Gasteiger partial charge in [-0.2, -0.15) is 0 Å². The fourth-order valence-corrected chi connectivity index (χ4v) is 4.25. The van der Waals surface area contributed by atoms with E-state index in [2.05, 4.69) is 22.1 Å². The summed E-state index contributed by atoms with van der Waals surface area (Å²) in [7, 11) is 0. The number of thiol groups is 1. The molecule has 0 fully saturated rings. The monoisotopic (exact) mass is 490 g/mol. The number of nitrogens with zero attached hydrogens (tertiary/aromatic N) is 5. The molecule has 0 bridgehead atoms. The number of aromatic nitrogens is 3. The highest BCUT2D eigenvalue weighted by atomic mass is 35.5. The summed E-state index contributed by atoms with van der Waals surface area (Å²) in [4.78, 5) is 21.2. The zero-order valence-corrected chi connectivity index (χ0v) is 19.4. The molecule has 1 aromatic carbocycles. The van der Waals surface area contributed by atoms with Gasteiger partial charge in [0.2, 0.25) is 4.86 Å². The van der Waals surface area contributed by atoms with Gasteiger partial charge < -0.3 is 15.2 Å². The van der Waals surface area contributed by atoms with Crippen LogP contribution in [0.5, 0.6) is 0 Å². The van der Waals surface area contributed by atoms with Crippen LogP contribution in [0.3, 0.4) is 0 Å². The van der Waals surface area contributed by atoms with Gasteiger partial charge in [-0.1, -0.05) is 6.07 Å². The van der Waals surface area contributed by atoms with E-state index < -0.39 is 10.5 Å². The molecule has 33 heavy (non-hydrogen) atoms. The maximum atomic E-state index is 13.2. The van der Waals surface area contributed by atoms with Crippen LogP contribution in [-0.2, 0) is 31.7 Å². The van der Waals surface area contributed by atoms with Crippen LogP contribution in [0, 0.1) is 15.9 Å². The first-order valence-corrected chi connectivity index (χ1v) is 11.1. The Balaban J connectivity index is 1.42. The van der Waals surface area contributed by atoms with Crippen LogP contribution in [0.15, 0.2) is 42.6 Å². The van der Waals surface area contributed by atoms with E-state index in [0.29, 0.717) is 30.9 Å². The number of rotatable bonds is 7. The molecule has 1 aliphatic rings. The lowest BCUT2D eigenvalue weighted by Crippen LogP contribution is -2.49. The molecule has 4 rings (SSSR count). The maximum absolute atomic E-state index is 13.2. The number of nitro groups is 1. The van der Waals surface area contributed by atoms with Gasteiger partial charge in [-0.15, -0.1) is 0 Å². The molecule has 0 saturated heterocycles. The second kappa shape index (κ2) is 9.22. The molecular formula is C22H22ClFN5O3S+. The summed E-state index contributed by atoms with van der Waals surface area (Å²) < 4.78 is 14.6. The molecule has 11 heteroatoms. The fraction of sp³-hybridized carbons (Fsp3) is 0.318. The molecule has 172 valence electrons. The van der Waals surface area contributed by atoms with Crippen molar-refractivity contribution < 1.29 is 14.4 Å². The summed E-state index contributed by atoms with van der Waals surface area (Å²) >= 11 is 10.4. The van der Waals surface area contributed by atoms with Gasteiger partial charge in [0.15, 0.2) is 12.2 Å². The van der Waals surface area contributed by atoms with Crippen molar-refractivity contribution in [3.63, 3.8) is 0 Å². The van der Waals surface area contributed by atoms with E-state index in [1.807, 2.05) is 12.1 Å². The van der Waals surface area contributed by atoms with Crippen molar-refractivity contribution in [2.24, 2.45) is 0 Å². The van der Waals surface area contributed by atoms with Gasteiger partial charge in [0.05, 0.1) is 5.69 Å². The number of aliphatic hydroxyl groups is 1. The number of pyridine rings is 1. The summed E-state index contributed by atoms with van der Waals surface area (Å²) in [5.41, 5.74) is 2.44. The number of benzene rings is 1. The predicted octanol–water partition coefficient (Wildman–Crippen LogP) is 2.91. The lowest BCUT2D eigenvalue weighted by molar-refractivity contribution is -0.389. The normalized spacial score (nSPS) is 15.6. The highest BCUT2D eigenvalue weighted by Gasteiger charge is 2.36. The van der Waals surface area contributed by atoms with E-state index in [0.717, 1.165) is 22.5 Å². The standard InChI is InChI=1S/C22H21ClFN5O3S/c1-22(30,19(33)11-28-12-20(29(31)32)26-21(28)23)13-27-9-8-18-15(10-27)4-7-17(25-18)14-2-5-16(24)6-3-14/h2-7,12,30H,8-11,13H2,1H3/p+1/t22-/m0/s1. The van der Waals surface area contributed by atoms with Gasteiger partial charge in [-0.25, -0.2) is 4.39 Å². The molecule has 0 saturated carbocycles. The summed E-state index contributed by atoms with van der Waals surface area (Å²) in [5, 5.41) is 21.9. The quantitative estimate of drug-likeness (QED) is 0.180. The summed E-state index contributed by atoms with van der Waals surface area (Å²) in [6.07, 6.45) is 1.93. The topological polar surface area (TPSA) is 97.3 Å². The number of β-amino-alcohol motifs (C(OH)–C–C–N with tert-alkyl or cyclic N) is 1.